The van der Waals surface area contributed by atoms with Crippen LogP contribution in [0.25, 0.3) is 22.2 Å². The topological polar surface area (TPSA) is 119 Å². The Morgan fingerprint density at radius 1 is 1.12 bits per heavy atom. The number of pyridine rings is 1. The number of aromatic hydroxyl groups is 1. The van der Waals surface area contributed by atoms with E-state index in [0.29, 0.717) is 5.82 Å². The zero-order chi connectivity index (χ0) is 30.1. The van der Waals surface area contributed by atoms with Crippen LogP contribution in [0.5, 0.6) is 11.8 Å². The molecule has 5 rings (SSSR count). The van der Waals surface area contributed by atoms with Crippen molar-refractivity contribution in [3.8, 4) is 29.1 Å². The molecule has 0 saturated carbocycles. The molecule has 1 N–H and O–H groups in total. The number of anilines is 1. The maximum Gasteiger partial charge on any atom is 0.318 e. The fraction of sp³-hybridized carbons (Fsp3) is 0.393. The first-order valence-corrected chi connectivity index (χ1v) is 12.9. The monoisotopic (exact) mass is 571 g/mol. The number of fused-ring (bicyclic) bond motifs is 1. The van der Waals surface area contributed by atoms with Gasteiger partial charge in [0.25, 0.3) is 5.91 Å². The van der Waals surface area contributed by atoms with Crippen molar-refractivity contribution in [2.24, 2.45) is 0 Å². The Bertz CT molecular complexity index is 1410. The lowest BCUT2D eigenvalue weighted by molar-refractivity contribution is -0.128. The Morgan fingerprint density at radius 2 is 1.76 bits per heavy atom. The molecule has 1 aromatic carbocycles. The number of likely N-dealkylation sites (tertiary alicyclic amines) is 1. The van der Waals surface area contributed by atoms with Gasteiger partial charge in [0.05, 0.1) is 24.1 Å². The average Bonchev–Trinajstić information content (AvgIpc) is 3.45. The number of carbonyl (C=O) groups excluding carboxylic acids is 1. The molecule has 2 saturated heterocycles. The summed E-state index contributed by atoms with van der Waals surface area (Å²) in [6.45, 7) is 8.06. The van der Waals surface area contributed by atoms with Crippen LogP contribution in [-0.2, 0) is 4.79 Å². The van der Waals surface area contributed by atoms with Gasteiger partial charge in [-0.05, 0) is 45.1 Å². The summed E-state index contributed by atoms with van der Waals surface area (Å²) in [7, 11) is 3.49. The number of halogens is 3. The number of nitrogens with zero attached hydrogens (tertiary/aromatic N) is 7. The third kappa shape index (κ3) is 7.40. The van der Waals surface area contributed by atoms with Crippen molar-refractivity contribution in [3.63, 3.8) is 0 Å². The second-order valence-electron chi connectivity index (χ2n) is 9.27. The zero-order valence-electron chi connectivity index (χ0n) is 23.2. The van der Waals surface area contributed by atoms with Gasteiger partial charge in [0.2, 0.25) is 0 Å². The summed E-state index contributed by atoms with van der Waals surface area (Å²) in [4.78, 5) is 29.6. The molecule has 10 nitrogen and oxygen atoms in total. The largest absolute Gasteiger partial charge is 0.507 e. The minimum atomic E-state index is -1.04. The molecule has 2 aliphatic heterocycles. The number of benzene rings is 1. The molecule has 1 amide bonds. The molecule has 2 aromatic heterocycles. The van der Waals surface area contributed by atoms with Crippen LogP contribution in [0.2, 0.25) is 0 Å². The number of hydrogen-bond acceptors (Lipinski definition) is 9. The quantitative estimate of drug-likeness (QED) is 0.463. The first kappa shape index (κ1) is 31.1. The molecule has 2 aliphatic rings. The number of hydrogen-bond donors (Lipinski definition) is 1. The summed E-state index contributed by atoms with van der Waals surface area (Å²) in [5.74, 6) is -3.78. The van der Waals surface area contributed by atoms with Gasteiger partial charge < -0.3 is 24.5 Å². The molecule has 0 atom stereocenters. The highest BCUT2D eigenvalue weighted by molar-refractivity contribution is 5.93. The van der Waals surface area contributed by atoms with Crippen molar-refractivity contribution in [2.45, 2.75) is 19.8 Å². The van der Waals surface area contributed by atoms with Gasteiger partial charge in [0, 0.05) is 39.3 Å². The van der Waals surface area contributed by atoms with Crippen molar-refractivity contribution in [1.29, 1.82) is 5.26 Å². The third-order valence-electron chi connectivity index (χ3n) is 6.48. The SMILES string of the molecule is C=C(F)C(=O)N1CCN(c2nc(OC)nc3c(F)c(-c4c(O)cccc4F)ncc23)CC1.CC#N.CN1CCCC1. The van der Waals surface area contributed by atoms with Gasteiger partial charge in [0.1, 0.15) is 28.6 Å². The van der Waals surface area contributed by atoms with E-state index in [1.54, 1.807) is 11.0 Å². The van der Waals surface area contributed by atoms with Crippen LogP contribution in [0, 0.1) is 23.0 Å². The number of carbonyl (C=O) groups is 1. The summed E-state index contributed by atoms with van der Waals surface area (Å²) in [5.41, 5.74) is -0.962. The number of amides is 1. The lowest BCUT2D eigenvalue weighted by Crippen LogP contribution is -2.49. The Labute approximate surface area is 236 Å². The van der Waals surface area contributed by atoms with E-state index in [2.05, 4.69) is 33.5 Å². The first-order valence-electron chi connectivity index (χ1n) is 12.9. The van der Waals surface area contributed by atoms with Crippen molar-refractivity contribution < 1.29 is 27.8 Å². The van der Waals surface area contributed by atoms with Gasteiger partial charge in [-0.3, -0.25) is 9.78 Å². The van der Waals surface area contributed by atoms with Crippen LogP contribution < -0.4 is 9.64 Å². The van der Waals surface area contributed by atoms with Gasteiger partial charge in [0.15, 0.2) is 11.6 Å². The Hall–Kier alpha value is -4.44. The molecule has 0 radical (unpaired) electrons. The summed E-state index contributed by atoms with van der Waals surface area (Å²) >= 11 is 0. The lowest BCUT2D eigenvalue weighted by Gasteiger charge is -2.35. The number of piperazine rings is 1. The summed E-state index contributed by atoms with van der Waals surface area (Å²) in [5, 5.41) is 17.6. The molecule has 3 aromatic rings. The third-order valence-corrected chi connectivity index (χ3v) is 6.48. The molecule has 2 fully saturated rings. The second-order valence-corrected chi connectivity index (χ2v) is 9.27. The average molecular weight is 572 g/mol. The van der Waals surface area contributed by atoms with Crippen LogP contribution in [-0.4, -0.2) is 89.2 Å². The molecule has 41 heavy (non-hydrogen) atoms. The predicted molar refractivity (Wildman–Crippen MR) is 148 cm³/mol. The maximum absolute atomic E-state index is 15.4. The van der Waals surface area contributed by atoms with Crippen molar-refractivity contribution >= 4 is 22.6 Å². The van der Waals surface area contributed by atoms with E-state index in [1.165, 1.54) is 63.2 Å². The molecule has 4 heterocycles. The summed E-state index contributed by atoms with van der Waals surface area (Å²) in [6.07, 6.45) is 4.11. The highest BCUT2D eigenvalue weighted by Crippen LogP contribution is 2.36. The van der Waals surface area contributed by atoms with E-state index < -0.39 is 34.8 Å². The molecular formula is C28H32F3N7O3. The molecule has 0 bridgehead atoms. The zero-order valence-corrected chi connectivity index (χ0v) is 23.2. The predicted octanol–water partition coefficient (Wildman–Crippen LogP) is 4.06. The van der Waals surface area contributed by atoms with E-state index in [9.17, 15) is 18.7 Å². The highest BCUT2D eigenvalue weighted by atomic mass is 19.1. The Balaban J connectivity index is 0.000000442. The fourth-order valence-electron chi connectivity index (χ4n) is 4.44. The maximum atomic E-state index is 15.4. The van der Waals surface area contributed by atoms with Crippen LogP contribution in [0.4, 0.5) is 19.0 Å². The number of rotatable bonds is 4. The standard InChI is InChI=1S/C21H18F3N5O3.C5H11N.C2H3N/c1-11(22)20(31)29-8-6-28(7-9-29)19-12-10-25-18(15-13(23)4-3-5-14(15)30)16(24)17(12)26-21(27-19)32-2;1-6-4-2-3-5-6;1-2-3/h3-5,10,30H,1,6-9H2,2H3;2-5H2,1H3;1H3. The summed E-state index contributed by atoms with van der Waals surface area (Å²) < 4.78 is 48.0. The fourth-order valence-corrected chi connectivity index (χ4v) is 4.44. The van der Waals surface area contributed by atoms with Crippen LogP contribution in [0.3, 0.4) is 0 Å². The summed E-state index contributed by atoms with van der Waals surface area (Å²) in [6, 6.07) is 5.22. The Kier molecular flexibility index (Phi) is 10.8. The molecule has 13 heteroatoms. The number of methoxy groups -OCH3 is 1. The van der Waals surface area contributed by atoms with Crippen molar-refractivity contribution in [2.75, 3.05) is 58.3 Å². The molecule has 0 aliphatic carbocycles. The lowest BCUT2D eigenvalue weighted by atomic mass is 10.1. The molecule has 218 valence electrons. The van der Waals surface area contributed by atoms with Crippen LogP contribution in [0.15, 0.2) is 36.8 Å². The normalized spacial score (nSPS) is 14.9. The van der Waals surface area contributed by atoms with Crippen molar-refractivity contribution in [1.82, 2.24) is 24.8 Å². The molecule has 0 unspecified atom stereocenters. The van der Waals surface area contributed by atoms with Gasteiger partial charge >= 0.3 is 6.01 Å². The van der Waals surface area contributed by atoms with Gasteiger partial charge in [-0.25, -0.2) is 13.2 Å². The van der Waals surface area contributed by atoms with E-state index in [0.717, 1.165) is 6.07 Å². The number of phenolic OH excluding ortho intramolecular Hbond substituents is 1. The van der Waals surface area contributed by atoms with E-state index in [4.69, 9.17) is 10.00 Å². The van der Waals surface area contributed by atoms with E-state index in [1.807, 2.05) is 0 Å². The molecule has 0 spiro atoms. The van der Waals surface area contributed by atoms with Gasteiger partial charge in [-0.15, -0.1) is 0 Å². The number of ether oxygens (including phenoxy) is 1. The second kappa shape index (κ2) is 14.3. The van der Waals surface area contributed by atoms with Crippen molar-refractivity contribution in [3.05, 3.63) is 48.4 Å². The number of nitriles is 1. The molecular weight excluding hydrogens is 539 g/mol. The van der Waals surface area contributed by atoms with Crippen LogP contribution >= 0.6 is 0 Å². The first-order chi connectivity index (χ1) is 19.6. The number of aromatic nitrogens is 3. The smallest absolute Gasteiger partial charge is 0.318 e. The van der Waals surface area contributed by atoms with Gasteiger partial charge in [-0.1, -0.05) is 12.6 Å². The van der Waals surface area contributed by atoms with Crippen LogP contribution in [0.1, 0.15) is 19.8 Å². The highest BCUT2D eigenvalue weighted by Gasteiger charge is 2.27. The van der Waals surface area contributed by atoms with Gasteiger partial charge in [-0.2, -0.15) is 15.2 Å². The Morgan fingerprint density at radius 3 is 2.27 bits per heavy atom. The van der Waals surface area contributed by atoms with E-state index in [-0.39, 0.29) is 48.7 Å². The minimum Gasteiger partial charge on any atom is -0.507 e. The van der Waals surface area contributed by atoms with E-state index >= 15 is 4.39 Å². The minimum absolute atomic E-state index is 0.128. The number of phenols is 1.